The number of fused-ring (bicyclic) bond motifs is 1. The fourth-order valence-corrected chi connectivity index (χ4v) is 1.48. The molecule has 0 aliphatic heterocycles. The van der Waals surface area contributed by atoms with Crippen molar-refractivity contribution in [2.75, 3.05) is 13.6 Å². The average Bonchev–Trinajstić information content (AvgIpc) is 2.60. The summed E-state index contributed by atoms with van der Waals surface area (Å²) in [5.74, 6) is 1.24. The third kappa shape index (κ3) is 1.44. The SMILES string of the molecule is CNCCc1ncc2c(O)cccn12. The summed E-state index contributed by atoms with van der Waals surface area (Å²) in [6.45, 7) is 0.884. The monoisotopic (exact) mass is 191 g/mol. The smallest absolute Gasteiger partial charge is 0.141 e. The molecule has 0 unspecified atom stereocenters. The molecule has 0 aliphatic rings. The summed E-state index contributed by atoms with van der Waals surface area (Å²) in [4.78, 5) is 4.26. The zero-order valence-corrected chi connectivity index (χ0v) is 8.07. The second-order valence-corrected chi connectivity index (χ2v) is 3.18. The van der Waals surface area contributed by atoms with Crippen molar-refractivity contribution in [3.05, 3.63) is 30.4 Å². The molecule has 0 aromatic carbocycles. The molecule has 0 radical (unpaired) electrons. The molecule has 2 aromatic heterocycles. The van der Waals surface area contributed by atoms with E-state index in [9.17, 15) is 5.11 Å². The van der Waals surface area contributed by atoms with Gasteiger partial charge in [0.25, 0.3) is 0 Å². The minimum Gasteiger partial charge on any atom is -0.506 e. The van der Waals surface area contributed by atoms with Crippen LogP contribution in [0, 0.1) is 0 Å². The van der Waals surface area contributed by atoms with Crippen molar-refractivity contribution in [1.29, 1.82) is 0 Å². The Kier molecular flexibility index (Phi) is 2.37. The van der Waals surface area contributed by atoms with E-state index in [-0.39, 0.29) is 5.75 Å². The Labute approximate surface area is 82.2 Å². The maximum absolute atomic E-state index is 9.53. The van der Waals surface area contributed by atoms with Crippen LogP contribution in [0.3, 0.4) is 0 Å². The summed E-state index contributed by atoms with van der Waals surface area (Å²) in [5.41, 5.74) is 0.763. The summed E-state index contributed by atoms with van der Waals surface area (Å²) in [6, 6.07) is 3.48. The van der Waals surface area contributed by atoms with E-state index in [0.717, 1.165) is 24.3 Å². The molecule has 0 fully saturated rings. The van der Waals surface area contributed by atoms with Gasteiger partial charge in [-0.05, 0) is 19.2 Å². The van der Waals surface area contributed by atoms with Gasteiger partial charge in [0.05, 0.1) is 6.20 Å². The van der Waals surface area contributed by atoms with Crippen LogP contribution in [0.2, 0.25) is 0 Å². The molecule has 0 amide bonds. The summed E-state index contributed by atoms with van der Waals surface area (Å²) in [7, 11) is 1.91. The van der Waals surface area contributed by atoms with Crippen molar-refractivity contribution in [2.45, 2.75) is 6.42 Å². The van der Waals surface area contributed by atoms with Crippen LogP contribution in [-0.2, 0) is 6.42 Å². The second-order valence-electron chi connectivity index (χ2n) is 3.18. The van der Waals surface area contributed by atoms with E-state index in [1.807, 2.05) is 23.7 Å². The Balaban J connectivity index is 2.42. The normalized spacial score (nSPS) is 10.9. The van der Waals surface area contributed by atoms with E-state index in [0.29, 0.717) is 0 Å². The van der Waals surface area contributed by atoms with Gasteiger partial charge >= 0.3 is 0 Å². The molecular formula is C10H13N3O. The Morgan fingerprint density at radius 3 is 3.21 bits per heavy atom. The first kappa shape index (κ1) is 9.02. The fraction of sp³-hybridized carbons (Fsp3) is 0.300. The Morgan fingerprint density at radius 2 is 2.43 bits per heavy atom. The predicted molar refractivity (Wildman–Crippen MR) is 54.5 cm³/mol. The topological polar surface area (TPSA) is 49.6 Å². The first-order valence-corrected chi connectivity index (χ1v) is 4.61. The average molecular weight is 191 g/mol. The summed E-state index contributed by atoms with van der Waals surface area (Å²) >= 11 is 0. The Hall–Kier alpha value is -1.55. The number of rotatable bonds is 3. The van der Waals surface area contributed by atoms with E-state index in [4.69, 9.17) is 0 Å². The minimum absolute atomic E-state index is 0.274. The first-order valence-electron chi connectivity index (χ1n) is 4.61. The molecule has 0 atom stereocenters. The first-order chi connectivity index (χ1) is 6.83. The quantitative estimate of drug-likeness (QED) is 0.754. The number of nitrogens with one attached hydrogen (secondary N) is 1. The van der Waals surface area contributed by atoms with Crippen molar-refractivity contribution < 1.29 is 5.11 Å². The number of hydrogen-bond acceptors (Lipinski definition) is 3. The highest BCUT2D eigenvalue weighted by atomic mass is 16.3. The lowest BCUT2D eigenvalue weighted by Crippen LogP contribution is -2.12. The highest BCUT2D eigenvalue weighted by molar-refractivity contribution is 5.58. The van der Waals surface area contributed by atoms with Gasteiger partial charge in [0, 0.05) is 19.2 Å². The summed E-state index contributed by atoms with van der Waals surface area (Å²) in [6.07, 6.45) is 4.46. The lowest BCUT2D eigenvalue weighted by atomic mass is 10.3. The van der Waals surface area contributed by atoms with Crippen molar-refractivity contribution in [3.63, 3.8) is 0 Å². The predicted octanol–water partition coefficient (Wildman–Crippen LogP) is 0.802. The van der Waals surface area contributed by atoms with Gasteiger partial charge in [-0.25, -0.2) is 4.98 Å². The number of aromatic nitrogens is 2. The van der Waals surface area contributed by atoms with E-state index >= 15 is 0 Å². The van der Waals surface area contributed by atoms with Crippen LogP contribution in [0.4, 0.5) is 0 Å². The molecule has 4 nitrogen and oxygen atoms in total. The van der Waals surface area contributed by atoms with Gasteiger partial charge < -0.3 is 14.8 Å². The highest BCUT2D eigenvalue weighted by Crippen LogP contribution is 2.18. The van der Waals surface area contributed by atoms with E-state index in [2.05, 4.69) is 10.3 Å². The molecule has 0 aliphatic carbocycles. The van der Waals surface area contributed by atoms with Crippen LogP contribution >= 0.6 is 0 Å². The summed E-state index contributed by atoms with van der Waals surface area (Å²) in [5, 5.41) is 12.6. The third-order valence-corrected chi connectivity index (χ3v) is 2.22. The van der Waals surface area contributed by atoms with Gasteiger partial charge in [-0.15, -0.1) is 0 Å². The number of imidazole rings is 1. The second kappa shape index (κ2) is 3.67. The molecule has 0 saturated carbocycles. The molecule has 4 heteroatoms. The van der Waals surface area contributed by atoms with E-state index in [1.54, 1.807) is 12.3 Å². The largest absolute Gasteiger partial charge is 0.506 e. The fourth-order valence-electron chi connectivity index (χ4n) is 1.48. The molecule has 2 aromatic rings. The number of nitrogens with zero attached hydrogens (tertiary/aromatic N) is 2. The summed E-state index contributed by atoms with van der Waals surface area (Å²) < 4.78 is 1.91. The highest BCUT2D eigenvalue weighted by Gasteiger charge is 2.04. The van der Waals surface area contributed by atoms with Gasteiger partial charge in [-0.3, -0.25) is 0 Å². The van der Waals surface area contributed by atoms with Gasteiger partial charge in [0.15, 0.2) is 0 Å². The van der Waals surface area contributed by atoms with Crippen LogP contribution in [0.5, 0.6) is 5.75 Å². The molecule has 14 heavy (non-hydrogen) atoms. The molecule has 2 N–H and O–H groups in total. The molecule has 0 saturated heterocycles. The Bertz CT molecular complexity index is 436. The van der Waals surface area contributed by atoms with Gasteiger partial charge in [-0.2, -0.15) is 0 Å². The molecule has 74 valence electrons. The molecule has 0 spiro atoms. The van der Waals surface area contributed by atoms with E-state index in [1.165, 1.54) is 0 Å². The van der Waals surface area contributed by atoms with Crippen molar-refractivity contribution in [2.24, 2.45) is 0 Å². The van der Waals surface area contributed by atoms with Gasteiger partial charge in [-0.1, -0.05) is 0 Å². The molecule has 0 bridgehead atoms. The zero-order valence-electron chi connectivity index (χ0n) is 8.07. The molecule has 2 rings (SSSR count). The maximum Gasteiger partial charge on any atom is 0.141 e. The maximum atomic E-state index is 9.53. The standard InChI is InChI=1S/C10H13N3O/c1-11-5-4-10-12-7-8-9(14)3-2-6-13(8)10/h2-3,6-7,11,14H,4-5H2,1H3. The van der Waals surface area contributed by atoms with Crippen LogP contribution < -0.4 is 5.32 Å². The lowest BCUT2D eigenvalue weighted by molar-refractivity contribution is 0.479. The molecular weight excluding hydrogens is 178 g/mol. The minimum atomic E-state index is 0.274. The number of aromatic hydroxyl groups is 1. The van der Waals surface area contributed by atoms with Crippen molar-refractivity contribution in [1.82, 2.24) is 14.7 Å². The van der Waals surface area contributed by atoms with Crippen molar-refractivity contribution >= 4 is 5.52 Å². The van der Waals surface area contributed by atoms with Gasteiger partial charge in [0.2, 0.25) is 0 Å². The molecule has 2 heterocycles. The van der Waals surface area contributed by atoms with Gasteiger partial charge in [0.1, 0.15) is 17.1 Å². The van der Waals surface area contributed by atoms with Crippen LogP contribution in [-0.4, -0.2) is 28.1 Å². The van der Waals surface area contributed by atoms with Crippen LogP contribution in [0.1, 0.15) is 5.82 Å². The van der Waals surface area contributed by atoms with E-state index < -0.39 is 0 Å². The van der Waals surface area contributed by atoms with Crippen LogP contribution in [0.15, 0.2) is 24.5 Å². The Morgan fingerprint density at radius 1 is 1.57 bits per heavy atom. The lowest BCUT2D eigenvalue weighted by Gasteiger charge is -2.01. The number of likely N-dealkylation sites (N-methyl/N-ethyl adjacent to an activating group) is 1. The zero-order chi connectivity index (χ0) is 9.97. The van der Waals surface area contributed by atoms with Crippen molar-refractivity contribution in [3.8, 4) is 5.75 Å². The van der Waals surface area contributed by atoms with Crippen LogP contribution in [0.25, 0.3) is 5.52 Å². The number of pyridine rings is 1. The third-order valence-electron chi connectivity index (χ3n) is 2.22. The number of hydrogen-bond donors (Lipinski definition) is 2.